The Morgan fingerprint density at radius 1 is 1.36 bits per heavy atom. The van der Waals surface area contributed by atoms with Crippen LogP contribution < -0.4 is 4.74 Å². The highest BCUT2D eigenvalue weighted by atomic mass is 35.5. The zero-order valence-electron chi connectivity index (χ0n) is 12.1. The van der Waals surface area contributed by atoms with E-state index in [2.05, 4.69) is 0 Å². The molecule has 7 heteroatoms. The average Bonchev–Trinajstić information content (AvgIpc) is 3.29. The molecule has 0 aromatic heterocycles. The van der Waals surface area contributed by atoms with Crippen molar-refractivity contribution < 1.29 is 19.4 Å². The van der Waals surface area contributed by atoms with E-state index >= 15 is 0 Å². The van der Waals surface area contributed by atoms with Gasteiger partial charge in [-0.1, -0.05) is 30.1 Å². The predicted molar refractivity (Wildman–Crippen MR) is 83.5 cm³/mol. The van der Waals surface area contributed by atoms with Crippen LogP contribution in [0.2, 0.25) is 10.0 Å². The Hall–Kier alpha value is -1.46. The lowest BCUT2D eigenvalue weighted by Gasteiger charge is -2.24. The van der Waals surface area contributed by atoms with Crippen molar-refractivity contribution in [2.24, 2.45) is 5.92 Å². The van der Waals surface area contributed by atoms with Crippen LogP contribution in [0, 0.1) is 5.92 Å². The van der Waals surface area contributed by atoms with Crippen molar-refractivity contribution in [1.82, 2.24) is 4.90 Å². The van der Waals surface area contributed by atoms with Crippen molar-refractivity contribution in [3.8, 4) is 5.75 Å². The van der Waals surface area contributed by atoms with Crippen LogP contribution in [0.25, 0.3) is 0 Å². The van der Waals surface area contributed by atoms with E-state index in [0.717, 1.165) is 12.8 Å². The molecule has 1 N–H and O–H groups in total. The number of amides is 1. The number of ether oxygens (including phenoxy) is 1. The number of carboxylic acids is 1. The van der Waals surface area contributed by atoms with Crippen molar-refractivity contribution in [1.29, 1.82) is 0 Å². The first-order valence-corrected chi connectivity index (χ1v) is 7.74. The molecule has 0 saturated heterocycles. The molecule has 1 aliphatic carbocycles. The molecule has 1 amide bonds. The van der Waals surface area contributed by atoms with Gasteiger partial charge in [-0.25, -0.2) is 0 Å². The lowest BCUT2D eigenvalue weighted by Crippen LogP contribution is -2.41. The monoisotopic (exact) mass is 345 g/mol. The highest BCUT2D eigenvalue weighted by molar-refractivity contribution is 6.42. The molecule has 120 valence electrons. The van der Waals surface area contributed by atoms with E-state index in [4.69, 9.17) is 33.0 Å². The van der Waals surface area contributed by atoms with Gasteiger partial charge in [0, 0.05) is 18.7 Å². The van der Waals surface area contributed by atoms with Crippen molar-refractivity contribution in [2.45, 2.75) is 25.8 Å². The Morgan fingerprint density at radius 2 is 2.05 bits per heavy atom. The fourth-order valence-electron chi connectivity index (χ4n) is 2.01. The summed E-state index contributed by atoms with van der Waals surface area (Å²) in [6.45, 7) is 1.63. The molecule has 0 radical (unpaired) electrons. The van der Waals surface area contributed by atoms with Crippen LogP contribution in [0.15, 0.2) is 18.2 Å². The fourth-order valence-corrected chi connectivity index (χ4v) is 2.30. The number of rotatable bonds is 7. The summed E-state index contributed by atoms with van der Waals surface area (Å²) in [5, 5.41) is 9.75. The smallest absolute Gasteiger partial charge is 0.308 e. The molecular formula is C15H17Cl2NO4. The molecule has 2 rings (SSSR count). The quantitative estimate of drug-likeness (QED) is 0.824. The molecule has 0 heterocycles. The Bertz CT molecular complexity index is 575. The van der Waals surface area contributed by atoms with E-state index in [1.807, 2.05) is 0 Å². The standard InChI is InChI=1S/C15H17Cl2NO4/c1-9(15(20)21)7-18(10-2-3-10)14(19)8-22-11-4-5-12(16)13(17)6-11/h4-6,9-10H,2-3,7-8H2,1H3,(H,20,21). The molecule has 5 nitrogen and oxygen atoms in total. The predicted octanol–water partition coefficient (Wildman–Crippen LogP) is 3.08. The summed E-state index contributed by atoms with van der Waals surface area (Å²) in [6.07, 6.45) is 1.82. The number of carbonyl (C=O) groups is 2. The molecule has 1 fully saturated rings. The molecule has 1 atom stereocenters. The van der Waals surface area contributed by atoms with Crippen molar-refractivity contribution >= 4 is 35.1 Å². The Labute approximate surface area is 138 Å². The zero-order chi connectivity index (χ0) is 16.3. The van der Waals surface area contributed by atoms with Gasteiger partial charge in [-0.3, -0.25) is 9.59 Å². The van der Waals surface area contributed by atoms with Crippen LogP contribution in [0.5, 0.6) is 5.75 Å². The minimum atomic E-state index is -0.913. The number of nitrogens with zero attached hydrogens (tertiary/aromatic N) is 1. The molecule has 0 aliphatic heterocycles. The van der Waals surface area contributed by atoms with Gasteiger partial charge in [-0.05, 0) is 25.0 Å². The largest absolute Gasteiger partial charge is 0.484 e. The fraction of sp³-hybridized carbons (Fsp3) is 0.467. The van der Waals surface area contributed by atoms with Crippen LogP contribution in [0.1, 0.15) is 19.8 Å². The summed E-state index contributed by atoms with van der Waals surface area (Å²) in [4.78, 5) is 24.8. The van der Waals surface area contributed by atoms with Crippen molar-refractivity contribution in [3.05, 3.63) is 28.2 Å². The van der Waals surface area contributed by atoms with Gasteiger partial charge in [0.05, 0.1) is 16.0 Å². The topological polar surface area (TPSA) is 66.8 Å². The summed E-state index contributed by atoms with van der Waals surface area (Å²) < 4.78 is 5.42. The van der Waals surface area contributed by atoms with Crippen LogP contribution in [0.3, 0.4) is 0 Å². The first-order valence-electron chi connectivity index (χ1n) is 6.98. The highest BCUT2D eigenvalue weighted by Crippen LogP contribution is 2.29. The lowest BCUT2D eigenvalue weighted by atomic mass is 10.1. The van der Waals surface area contributed by atoms with Gasteiger partial charge < -0.3 is 14.7 Å². The summed E-state index contributed by atoms with van der Waals surface area (Å²) in [6, 6.07) is 4.89. The number of halogens is 2. The van der Waals surface area contributed by atoms with Crippen LogP contribution in [0.4, 0.5) is 0 Å². The molecule has 1 aliphatic rings. The van der Waals surface area contributed by atoms with Gasteiger partial charge >= 0.3 is 5.97 Å². The first kappa shape index (κ1) is 16.9. The third-order valence-corrected chi connectivity index (χ3v) is 4.19. The average molecular weight is 346 g/mol. The summed E-state index contributed by atoms with van der Waals surface area (Å²) in [7, 11) is 0. The van der Waals surface area contributed by atoms with Gasteiger partial charge in [0.1, 0.15) is 5.75 Å². The van der Waals surface area contributed by atoms with Crippen molar-refractivity contribution in [2.75, 3.05) is 13.2 Å². The normalized spacial score (nSPS) is 15.2. The number of hydrogen-bond donors (Lipinski definition) is 1. The lowest BCUT2D eigenvalue weighted by molar-refractivity contribution is -0.143. The number of aliphatic carboxylic acids is 1. The molecular weight excluding hydrogens is 329 g/mol. The Balaban J connectivity index is 1.93. The third-order valence-electron chi connectivity index (χ3n) is 3.45. The molecule has 1 aromatic rings. The SMILES string of the molecule is CC(CN(C(=O)COc1ccc(Cl)c(Cl)c1)C1CC1)C(=O)O. The number of hydrogen-bond acceptors (Lipinski definition) is 3. The maximum Gasteiger partial charge on any atom is 0.308 e. The van der Waals surface area contributed by atoms with Crippen LogP contribution in [-0.2, 0) is 9.59 Å². The molecule has 0 spiro atoms. The van der Waals surface area contributed by atoms with E-state index in [9.17, 15) is 9.59 Å². The molecule has 22 heavy (non-hydrogen) atoms. The van der Waals surface area contributed by atoms with E-state index in [0.29, 0.717) is 15.8 Å². The second-order valence-electron chi connectivity index (χ2n) is 5.38. The second-order valence-corrected chi connectivity index (χ2v) is 6.20. The maximum atomic E-state index is 12.3. The highest BCUT2D eigenvalue weighted by Gasteiger charge is 2.34. The molecule has 0 bridgehead atoms. The zero-order valence-corrected chi connectivity index (χ0v) is 13.6. The number of carbonyl (C=O) groups excluding carboxylic acids is 1. The number of carboxylic acid groups (broad SMARTS) is 1. The van der Waals surface area contributed by atoms with E-state index in [1.54, 1.807) is 30.0 Å². The summed E-state index contributed by atoms with van der Waals surface area (Å²) >= 11 is 11.7. The van der Waals surface area contributed by atoms with Gasteiger partial charge in [-0.15, -0.1) is 0 Å². The Morgan fingerprint density at radius 3 is 2.59 bits per heavy atom. The molecule has 1 unspecified atom stereocenters. The maximum absolute atomic E-state index is 12.3. The molecule has 1 aromatic carbocycles. The van der Waals surface area contributed by atoms with E-state index in [-0.39, 0.29) is 25.1 Å². The minimum Gasteiger partial charge on any atom is -0.484 e. The second kappa shape index (κ2) is 7.20. The van der Waals surface area contributed by atoms with Crippen LogP contribution in [-0.4, -0.2) is 41.1 Å². The van der Waals surface area contributed by atoms with Crippen molar-refractivity contribution in [3.63, 3.8) is 0 Å². The Kier molecular flexibility index (Phi) is 5.53. The van der Waals surface area contributed by atoms with E-state index < -0.39 is 11.9 Å². The third kappa shape index (κ3) is 4.52. The first-order chi connectivity index (χ1) is 10.4. The van der Waals surface area contributed by atoms with E-state index in [1.165, 1.54) is 0 Å². The molecule has 1 saturated carbocycles. The minimum absolute atomic E-state index is 0.131. The van der Waals surface area contributed by atoms with Gasteiger partial charge in [0.2, 0.25) is 0 Å². The van der Waals surface area contributed by atoms with Gasteiger partial charge in [0.15, 0.2) is 6.61 Å². The summed E-state index contributed by atoms with van der Waals surface area (Å²) in [5.41, 5.74) is 0. The van der Waals surface area contributed by atoms with Gasteiger partial charge in [-0.2, -0.15) is 0 Å². The number of benzene rings is 1. The van der Waals surface area contributed by atoms with Gasteiger partial charge in [0.25, 0.3) is 5.91 Å². The van der Waals surface area contributed by atoms with Crippen LogP contribution >= 0.6 is 23.2 Å². The summed E-state index contributed by atoms with van der Waals surface area (Å²) in [5.74, 6) is -1.29.